The molecule has 0 saturated heterocycles. The van der Waals surface area contributed by atoms with Crippen molar-refractivity contribution in [1.29, 1.82) is 0 Å². The number of ether oxygens (including phenoxy) is 1. The minimum Gasteiger partial charge on any atom is -0.492 e. The van der Waals surface area contributed by atoms with E-state index in [2.05, 4.69) is 28.7 Å². The lowest BCUT2D eigenvalue weighted by Gasteiger charge is -2.16. The molecule has 3 heterocycles. The average molecular weight is 309 g/mol. The average Bonchev–Trinajstić information content (AvgIpc) is 3.00. The molecule has 1 atom stereocenters. The summed E-state index contributed by atoms with van der Waals surface area (Å²) >= 11 is 0. The molecule has 1 aliphatic rings. The Kier molecular flexibility index (Phi) is 3.59. The third kappa shape index (κ3) is 2.85. The van der Waals surface area contributed by atoms with E-state index in [1.807, 2.05) is 36.7 Å². The van der Waals surface area contributed by atoms with Crippen LogP contribution in [-0.2, 0) is 0 Å². The Morgan fingerprint density at radius 2 is 2.26 bits per heavy atom. The van der Waals surface area contributed by atoms with Gasteiger partial charge in [0.1, 0.15) is 18.2 Å². The van der Waals surface area contributed by atoms with Crippen molar-refractivity contribution < 1.29 is 4.74 Å². The van der Waals surface area contributed by atoms with Crippen LogP contribution in [0.1, 0.15) is 6.92 Å². The molecule has 0 radical (unpaired) electrons. The van der Waals surface area contributed by atoms with E-state index < -0.39 is 0 Å². The molecule has 2 N–H and O–H groups in total. The molecule has 1 aromatic carbocycles. The van der Waals surface area contributed by atoms with Crippen LogP contribution in [0.5, 0.6) is 5.75 Å². The van der Waals surface area contributed by atoms with Gasteiger partial charge in [-0.3, -0.25) is 0 Å². The van der Waals surface area contributed by atoms with Gasteiger partial charge in [0.05, 0.1) is 6.20 Å². The van der Waals surface area contributed by atoms with E-state index in [1.54, 1.807) is 4.52 Å². The van der Waals surface area contributed by atoms with Crippen LogP contribution in [0.2, 0.25) is 0 Å². The summed E-state index contributed by atoms with van der Waals surface area (Å²) in [6, 6.07) is 10.3. The molecule has 0 spiro atoms. The summed E-state index contributed by atoms with van der Waals surface area (Å²) in [5, 5.41) is 11.2. The van der Waals surface area contributed by atoms with Gasteiger partial charge in [0.2, 0.25) is 0 Å². The van der Waals surface area contributed by atoms with Crippen LogP contribution < -0.4 is 15.4 Å². The molecular weight excluding hydrogens is 290 g/mol. The van der Waals surface area contributed by atoms with Gasteiger partial charge in [-0.25, -0.2) is 9.50 Å². The number of anilines is 1. The first-order valence-electron chi connectivity index (χ1n) is 7.84. The molecule has 0 aliphatic carbocycles. The van der Waals surface area contributed by atoms with E-state index in [1.165, 1.54) is 0 Å². The van der Waals surface area contributed by atoms with E-state index >= 15 is 0 Å². The molecule has 6 heteroatoms. The second-order valence-electron chi connectivity index (χ2n) is 5.75. The van der Waals surface area contributed by atoms with E-state index in [-0.39, 0.29) is 0 Å². The molecule has 4 rings (SSSR count). The SMILES string of the molecule is CC1CNc2ccn3ncc(c3n2)-c2cccc(c2)OCCN1. The number of nitrogens with one attached hydrogen (secondary N) is 2. The standard InChI is InChI=1S/C17H19N5O/c1-12-10-19-16-5-7-22-17(21-16)15(11-20-22)13-3-2-4-14(9-13)23-8-6-18-12/h2-5,7,9,11-12,18H,6,8,10H2,1H3,(H,19,21). The zero-order valence-corrected chi connectivity index (χ0v) is 13.0. The molecule has 3 aromatic rings. The normalized spacial score (nSPS) is 18.2. The summed E-state index contributed by atoms with van der Waals surface area (Å²) in [6.07, 6.45) is 3.78. The molecule has 1 aliphatic heterocycles. The third-order valence-corrected chi connectivity index (χ3v) is 3.97. The van der Waals surface area contributed by atoms with Gasteiger partial charge in [-0.15, -0.1) is 0 Å². The molecule has 4 bridgehead atoms. The van der Waals surface area contributed by atoms with Crippen molar-refractivity contribution in [1.82, 2.24) is 19.9 Å². The Morgan fingerprint density at radius 3 is 3.22 bits per heavy atom. The van der Waals surface area contributed by atoms with Crippen molar-refractivity contribution in [2.24, 2.45) is 0 Å². The fraction of sp³-hybridized carbons (Fsp3) is 0.294. The Morgan fingerprint density at radius 1 is 1.30 bits per heavy atom. The highest BCUT2D eigenvalue weighted by molar-refractivity contribution is 5.78. The van der Waals surface area contributed by atoms with Gasteiger partial charge in [0.25, 0.3) is 0 Å². The van der Waals surface area contributed by atoms with Crippen molar-refractivity contribution in [3.63, 3.8) is 0 Å². The van der Waals surface area contributed by atoms with Crippen LogP contribution in [0.3, 0.4) is 0 Å². The highest BCUT2D eigenvalue weighted by atomic mass is 16.5. The highest BCUT2D eigenvalue weighted by Crippen LogP contribution is 2.27. The number of hydrogen-bond acceptors (Lipinski definition) is 5. The summed E-state index contributed by atoms with van der Waals surface area (Å²) in [6.45, 7) is 4.39. The maximum absolute atomic E-state index is 5.84. The molecule has 6 nitrogen and oxygen atoms in total. The van der Waals surface area contributed by atoms with Crippen molar-refractivity contribution in [2.45, 2.75) is 13.0 Å². The predicted molar refractivity (Wildman–Crippen MR) is 89.9 cm³/mol. The largest absolute Gasteiger partial charge is 0.492 e. The lowest BCUT2D eigenvalue weighted by atomic mass is 10.1. The number of hydrogen-bond donors (Lipinski definition) is 2. The Bertz CT molecular complexity index is 829. The summed E-state index contributed by atoms with van der Waals surface area (Å²) in [4.78, 5) is 4.71. The topological polar surface area (TPSA) is 63.5 Å². The number of rotatable bonds is 0. The third-order valence-electron chi connectivity index (χ3n) is 3.97. The molecule has 23 heavy (non-hydrogen) atoms. The van der Waals surface area contributed by atoms with E-state index in [0.29, 0.717) is 12.6 Å². The molecule has 0 amide bonds. The second kappa shape index (κ2) is 5.89. The highest BCUT2D eigenvalue weighted by Gasteiger charge is 2.11. The summed E-state index contributed by atoms with van der Waals surface area (Å²) in [5.74, 6) is 1.72. The molecule has 1 unspecified atom stereocenters. The number of nitrogens with zero attached hydrogens (tertiary/aromatic N) is 3. The molecule has 2 aromatic heterocycles. The minimum absolute atomic E-state index is 0.329. The van der Waals surface area contributed by atoms with Crippen LogP contribution >= 0.6 is 0 Å². The Hall–Kier alpha value is -2.60. The van der Waals surface area contributed by atoms with Crippen LogP contribution in [0, 0.1) is 0 Å². The minimum atomic E-state index is 0.329. The first-order chi connectivity index (χ1) is 11.3. The lowest BCUT2D eigenvalue weighted by Crippen LogP contribution is -2.35. The zero-order valence-electron chi connectivity index (χ0n) is 13.0. The summed E-state index contributed by atoms with van der Waals surface area (Å²) < 4.78 is 7.63. The van der Waals surface area contributed by atoms with E-state index in [9.17, 15) is 0 Å². The van der Waals surface area contributed by atoms with Crippen molar-refractivity contribution in [3.8, 4) is 16.9 Å². The van der Waals surface area contributed by atoms with Crippen LogP contribution in [0.4, 0.5) is 5.82 Å². The van der Waals surface area contributed by atoms with Crippen molar-refractivity contribution >= 4 is 11.5 Å². The smallest absolute Gasteiger partial charge is 0.165 e. The summed E-state index contributed by atoms with van der Waals surface area (Å²) in [5.41, 5.74) is 2.90. The number of aromatic nitrogens is 3. The molecule has 118 valence electrons. The molecule has 0 fully saturated rings. The van der Waals surface area contributed by atoms with Gasteiger partial charge in [-0.05, 0) is 30.7 Å². The van der Waals surface area contributed by atoms with Gasteiger partial charge >= 0.3 is 0 Å². The van der Waals surface area contributed by atoms with Crippen LogP contribution in [-0.4, -0.2) is 40.3 Å². The first kappa shape index (κ1) is 14.0. The van der Waals surface area contributed by atoms with Gasteiger partial charge in [-0.1, -0.05) is 12.1 Å². The fourth-order valence-electron chi connectivity index (χ4n) is 2.73. The predicted octanol–water partition coefficient (Wildman–Crippen LogP) is 2.18. The fourth-order valence-corrected chi connectivity index (χ4v) is 2.73. The van der Waals surface area contributed by atoms with Gasteiger partial charge in [0, 0.05) is 30.9 Å². The van der Waals surface area contributed by atoms with Crippen molar-refractivity contribution in [2.75, 3.05) is 25.0 Å². The maximum atomic E-state index is 5.84. The van der Waals surface area contributed by atoms with E-state index in [0.717, 1.165) is 41.4 Å². The number of benzene rings is 1. The monoisotopic (exact) mass is 309 g/mol. The first-order valence-corrected chi connectivity index (χ1v) is 7.84. The molecular formula is C17H19N5O. The Labute approximate surface area is 134 Å². The maximum Gasteiger partial charge on any atom is 0.165 e. The second-order valence-corrected chi connectivity index (χ2v) is 5.75. The lowest BCUT2D eigenvalue weighted by molar-refractivity contribution is 0.308. The van der Waals surface area contributed by atoms with Gasteiger partial charge in [0.15, 0.2) is 5.65 Å². The zero-order chi connectivity index (χ0) is 15.6. The van der Waals surface area contributed by atoms with Gasteiger partial charge in [-0.2, -0.15) is 5.10 Å². The van der Waals surface area contributed by atoms with Crippen LogP contribution in [0.15, 0.2) is 42.7 Å². The molecule has 0 saturated carbocycles. The number of fused-ring (bicyclic) bond motifs is 4. The Balaban J connectivity index is 1.82. The quantitative estimate of drug-likeness (QED) is 0.666. The summed E-state index contributed by atoms with van der Waals surface area (Å²) in [7, 11) is 0. The van der Waals surface area contributed by atoms with Crippen LogP contribution in [0.25, 0.3) is 16.8 Å². The van der Waals surface area contributed by atoms with E-state index in [4.69, 9.17) is 9.72 Å². The van der Waals surface area contributed by atoms with Crippen molar-refractivity contribution in [3.05, 3.63) is 42.7 Å². The van der Waals surface area contributed by atoms with Gasteiger partial charge < -0.3 is 15.4 Å².